The number of benzene rings is 2. The average molecular weight is 380 g/mol. The monoisotopic (exact) mass is 379 g/mol. The third-order valence-corrected chi connectivity index (χ3v) is 5.86. The van der Waals surface area contributed by atoms with Gasteiger partial charge in [0, 0.05) is 6.04 Å². The number of amides is 1. The highest BCUT2D eigenvalue weighted by atomic mass is 16.5. The molecule has 0 aromatic heterocycles. The highest BCUT2D eigenvalue weighted by molar-refractivity contribution is 5.92. The number of ether oxygens (including phenoxy) is 1. The Hall–Kier alpha value is -2.62. The number of hydrogen-bond donors (Lipinski definition) is 1. The van der Waals surface area contributed by atoms with E-state index in [9.17, 15) is 9.59 Å². The van der Waals surface area contributed by atoms with Gasteiger partial charge in [-0.2, -0.15) is 0 Å². The fourth-order valence-electron chi connectivity index (χ4n) is 3.93. The Bertz CT molecular complexity index is 803. The summed E-state index contributed by atoms with van der Waals surface area (Å²) in [7, 11) is 0. The molecule has 0 spiro atoms. The lowest BCUT2D eigenvalue weighted by Crippen LogP contribution is -2.45. The number of carbonyl (C=O) groups excluding carboxylic acids is 2. The van der Waals surface area contributed by atoms with Crippen LogP contribution in [0.25, 0.3) is 0 Å². The van der Waals surface area contributed by atoms with Crippen molar-refractivity contribution in [3.05, 3.63) is 71.3 Å². The predicted molar refractivity (Wildman–Crippen MR) is 110 cm³/mol. The van der Waals surface area contributed by atoms with Gasteiger partial charge in [0.05, 0.1) is 5.56 Å². The lowest BCUT2D eigenvalue weighted by molar-refractivity contribution is -0.125. The molecule has 0 radical (unpaired) electrons. The molecule has 3 atom stereocenters. The van der Waals surface area contributed by atoms with E-state index >= 15 is 0 Å². The lowest BCUT2D eigenvalue weighted by atomic mass is 9.78. The SMILES string of the molecule is C[C@H]1[C@H](C)CCC[C@H]1NC(=O)COC(=O)c1ccccc1Cc1ccccc1. The summed E-state index contributed by atoms with van der Waals surface area (Å²) in [6.45, 7) is 4.17. The van der Waals surface area contributed by atoms with Gasteiger partial charge in [-0.3, -0.25) is 4.79 Å². The molecule has 2 aromatic rings. The summed E-state index contributed by atoms with van der Waals surface area (Å²) in [6.07, 6.45) is 3.98. The first kappa shape index (κ1) is 20.1. The zero-order valence-electron chi connectivity index (χ0n) is 16.7. The van der Waals surface area contributed by atoms with Crippen LogP contribution in [0.15, 0.2) is 54.6 Å². The first-order valence-electron chi connectivity index (χ1n) is 10.1. The molecule has 0 aliphatic heterocycles. The van der Waals surface area contributed by atoms with Crippen molar-refractivity contribution in [2.24, 2.45) is 11.8 Å². The molecule has 0 saturated heterocycles. The van der Waals surface area contributed by atoms with E-state index in [-0.39, 0.29) is 18.6 Å². The van der Waals surface area contributed by atoms with Crippen LogP contribution in [0.2, 0.25) is 0 Å². The molecule has 1 N–H and O–H groups in total. The van der Waals surface area contributed by atoms with Gasteiger partial charge in [0.1, 0.15) is 0 Å². The minimum atomic E-state index is -0.452. The van der Waals surface area contributed by atoms with Gasteiger partial charge in [-0.15, -0.1) is 0 Å². The summed E-state index contributed by atoms with van der Waals surface area (Å²) in [6, 6.07) is 17.6. The van der Waals surface area contributed by atoms with Gasteiger partial charge in [-0.25, -0.2) is 4.79 Å². The van der Waals surface area contributed by atoms with E-state index in [1.807, 2.05) is 48.5 Å². The summed E-state index contributed by atoms with van der Waals surface area (Å²) in [5.41, 5.74) is 2.54. The van der Waals surface area contributed by atoms with Crippen molar-refractivity contribution in [3.8, 4) is 0 Å². The van der Waals surface area contributed by atoms with E-state index < -0.39 is 5.97 Å². The van der Waals surface area contributed by atoms with E-state index in [1.165, 1.54) is 6.42 Å². The van der Waals surface area contributed by atoms with Crippen LogP contribution in [0.5, 0.6) is 0 Å². The van der Waals surface area contributed by atoms with Crippen LogP contribution in [0.3, 0.4) is 0 Å². The molecular formula is C24H29NO3. The number of hydrogen-bond acceptors (Lipinski definition) is 3. The Kier molecular flexibility index (Phi) is 6.85. The Labute approximate surface area is 167 Å². The maximum atomic E-state index is 12.6. The number of esters is 1. The summed E-state index contributed by atoms with van der Waals surface area (Å²) >= 11 is 0. The quantitative estimate of drug-likeness (QED) is 0.758. The van der Waals surface area contributed by atoms with E-state index in [2.05, 4.69) is 19.2 Å². The molecule has 28 heavy (non-hydrogen) atoms. The Morgan fingerprint density at radius 1 is 1.00 bits per heavy atom. The molecule has 1 fully saturated rings. The van der Waals surface area contributed by atoms with Gasteiger partial charge in [-0.1, -0.05) is 75.2 Å². The van der Waals surface area contributed by atoms with Crippen LogP contribution in [-0.4, -0.2) is 24.5 Å². The van der Waals surface area contributed by atoms with Gasteiger partial charge in [-0.05, 0) is 41.9 Å². The molecule has 0 heterocycles. The molecule has 0 bridgehead atoms. The second-order valence-electron chi connectivity index (χ2n) is 7.84. The Morgan fingerprint density at radius 2 is 1.71 bits per heavy atom. The summed E-state index contributed by atoms with van der Waals surface area (Å²) in [5, 5.41) is 3.04. The molecule has 1 aliphatic rings. The Morgan fingerprint density at radius 3 is 2.50 bits per heavy atom. The number of rotatable bonds is 6. The molecule has 1 aliphatic carbocycles. The minimum Gasteiger partial charge on any atom is -0.452 e. The topological polar surface area (TPSA) is 55.4 Å². The molecule has 3 rings (SSSR count). The van der Waals surface area contributed by atoms with Gasteiger partial charge < -0.3 is 10.1 Å². The normalized spacial score (nSPS) is 21.7. The maximum absolute atomic E-state index is 12.6. The van der Waals surface area contributed by atoms with Crippen molar-refractivity contribution < 1.29 is 14.3 Å². The zero-order chi connectivity index (χ0) is 19.9. The van der Waals surface area contributed by atoms with Crippen LogP contribution in [0, 0.1) is 11.8 Å². The number of nitrogens with one attached hydrogen (secondary N) is 1. The fourth-order valence-corrected chi connectivity index (χ4v) is 3.93. The fraction of sp³-hybridized carbons (Fsp3) is 0.417. The van der Waals surface area contributed by atoms with Crippen molar-refractivity contribution in [2.75, 3.05) is 6.61 Å². The van der Waals surface area contributed by atoms with Crippen LogP contribution < -0.4 is 5.32 Å². The molecule has 4 nitrogen and oxygen atoms in total. The van der Waals surface area contributed by atoms with Crippen molar-refractivity contribution in [2.45, 2.75) is 45.6 Å². The lowest BCUT2D eigenvalue weighted by Gasteiger charge is -2.34. The molecule has 148 valence electrons. The predicted octanol–water partition coefficient (Wildman–Crippen LogP) is 4.38. The van der Waals surface area contributed by atoms with E-state index in [4.69, 9.17) is 4.74 Å². The van der Waals surface area contributed by atoms with Crippen LogP contribution in [0.1, 0.15) is 54.6 Å². The van der Waals surface area contributed by atoms with E-state index in [0.717, 1.165) is 24.0 Å². The average Bonchev–Trinajstić information content (AvgIpc) is 2.71. The van der Waals surface area contributed by atoms with Crippen LogP contribution >= 0.6 is 0 Å². The van der Waals surface area contributed by atoms with E-state index in [1.54, 1.807) is 6.07 Å². The zero-order valence-corrected chi connectivity index (χ0v) is 16.7. The molecule has 4 heteroatoms. The highest BCUT2D eigenvalue weighted by Crippen LogP contribution is 2.29. The molecule has 1 amide bonds. The molecule has 2 aromatic carbocycles. The Balaban J connectivity index is 1.57. The molecule has 0 unspecified atom stereocenters. The van der Waals surface area contributed by atoms with Crippen molar-refractivity contribution in [1.82, 2.24) is 5.32 Å². The van der Waals surface area contributed by atoms with Gasteiger partial charge in [0.15, 0.2) is 6.61 Å². The minimum absolute atomic E-state index is 0.167. The van der Waals surface area contributed by atoms with E-state index in [0.29, 0.717) is 23.8 Å². The molecular weight excluding hydrogens is 350 g/mol. The summed E-state index contributed by atoms with van der Waals surface area (Å²) in [4.78, 5) is 24.9. The second kappa shape index (κ2) is 9.54. The molecule has 1 saturated carbocycles. The standard InChI is InChI=1S/C24H29NO3/c1-17-9-8-14-22(18(17)2)25-23(26)16-28-24(27)21-13-7-6-12-20(21)15-19-10-4-3-5-11-19/h3-7,10-13,17-18,22H,8-9,14-16H2,1-2H3,(H,25,26)/t17-,18+,22-/m1/s1. The maximum Gasteiger partial charge on any atom is 0.338 e. The first-order valence-corrected chi connectivity index (χ1v) is 10.1. The smallest absolute Gasteiger partial charge is 0.338 e. The highest BCUT2D eigenvalue weighted by Gasteiger charge is 2.28. The van der Waals surface area contributed by atoms with Crippen LogP contribution in [-0.2, 0) is 16.0 Å². The first-order chi connectivity index (χ1) is 13.5. The largest absolute Gasteiger partial charge is 0.452 e. The van der Waals surface area contributed by atoms with Gasteiger partial charge in [0.2, 0.25) is 0 Å². The third kappa shape index (κ3) is 5.22. The van der Waals surface area contributed by atoms with Crippen molar-refractivity contribution in [3.63, 3.8) is 0 Å². The van der Waals surface area contributed by atoms with Crippen molar-refractivity contribution in [1.29, 1.82) is 0 Å². The van der Waals surface area contributed by atoms with Crippen molar-refractivity contribution >= 4 is 11.9 Å². The third-order valence-electron chi connectivity index (χ3n) is 5.86. The second-order valence-corrected chi connectivity index (χ2v) is 7.84. The summed E-state index contributed by atoms with van der Waals surface area (Å²) < 4.78 is 5.32. The van der Waals surface area contributed by atoms with Gasteiger partial charge >= 0.3 is 5.97 Å². The van der Waals surface area contributed by atoms with Crippen LogP contribution in [0.4, 0.5) is 0 Å². The summed E-state index contributed by atoms with van der Waals surface area (Å²) in [5.74, 6) is 0.373. The van der Waals surface area contributed by atoms with Gasteiger partial charge in [0.25, 0.3) is 5.91 Å². The number of carbonyl (C=O) groups is 2.